The lowest BCUT2D eigenvalue weighted by atomic mass is 10.1. The van der Waals surface area contributed by atoms with Crippen molar-refractivity contribution in [1.29, 1.82) is 0 Å². The third-order valence-electron chi connectivity index (χ3n) is 2.68. The highest BCUT2D eigenvalue weighted by atomic mass is 79.9. The molecule has 0 radical (unpaired) electrons. The Morgan fingerprint density at radius 1 is 1.67 bits per heavy atom. The molecular weight excluding hydrogens is 320 g/mol. The van der Waals surface area contributed by atoms with Crippen molar-refractivity contribution in [2.24, 2.45) is 0 Å². The summed E-state index contributed by atoms with van der Waals surface area (Å²) < 4.78 is 0.652. The molecule has 0 bridgehead atoms. The average Bonchev–Trinajstić information content (AvgIpc) is 2.36. The zero-order chi connectivity index (χ0) is 13.9. The predicted molar refractivity (Wildman–Crippen MR) is 77.3 cm³/mol. The van der Waals surface area contributed by atoms with Gasteiger partial charge in [0, 0.05) is 35.1 Å². The summed E-state index contributed by atoms with van der Waals surface area (Å²) in [6.45, 7) is 1.89. The van der Waals surface area contributed by atoms with Crippen LogP contribution in [0.3, 0.4) is 0 Å². The minimum absolute atomic E-state index is 0.0195. The topological polar surface area (TPSA) is 46.4 Å². The number of anilines is 1. The Balaban J connectivity index is 3.39. The third kappa shape index (κ3) is 2.95. The molecule has 0 aliphatic carbocycles. The summed E-state index contributed by atoms with van der Waals surface area (Å²) in [6, 6.07) is 3.02. The Morgan fingerprint density at radius 2 is 2.28 bits per heavy atom. The van der Waals surface area contributed by atoms with Crippen LogP contribution in [0.2, 0.25) is 0 Å². The number of nitro groups is 1. The van der Waals surface area contributed by atoms with Crippen LogP contribution in [0.4, 0.5) is 11.4 Å². The number of benzene rings is 1. The summed E-state index contributed by atoms with van der Waals surface area (Å²) in [6.07, 6.45) is 5.29. The van der Waals surface area contributed by atoms with E-state index in [4.69, 9.17) is 18.0 Å². The van der Waals surface area contributed by atoms with Gasteiger partial charge in [-0.15, -0.1) is 18.0 Å². The van der Waals surface area contributed by atoms with Crippen molar-refractivity contribution >= 4 is 38.9 Å². The van der Waals surface area contributed by atoms with Gasteiger partial charge in [0.25, 0.3) is 5.69 Å². The number of terminal acetylenes is 1. The minimum atomic E-state index is -0.444. The Kier molecular flexibility index (Phi) is 5.00. The second kappa shape index (κ2) is 6.07. The standard InChI is InChI=1S/C12H12BrClN2O2/c1-4-9-5-12(16(17)18)11(6-10(9)13)15(3)8(2)7-14/h1,5-6,8H,7H2,2-3H3. The monoisotopic (exact) mass is 330 g/mol. The lowest BCUT2D eigenvalue weighted by molar-refractivity contribution is -0.384. The zero-order valence-electron chi connectivity index (χ0n) is 9.98. The van der Waals surface area contributed by atoms with E-state index in [9.17, 15) is 10.1 Å². The molecule has 0 aliphatic rings. The van der Waals surface area contributed by atoms with Crippen LogP contribution in [-0.4, -0.2) is 23.9 Å². The van der Waals surface area contributed by atoms with E-state index in [0.717, 1.165) is 0 Å². The lowest BCUT2D eigenvalue weighted by Crippen LogP contribution is -2.30. The van der Waals surface area contributed by atoms with Crippen LogP contribution in [0.15, 0.2) is 16.6 Å². The average molecular weight is 332 g/mol. The zero-order valence-corrected chi connectivity index (χ0v) is 12.3. The first kappa shape index (κ1) is 14.8. The van der Waals surface area contributed by atoms with Gasteiger partial charge in [-0.25, -0.2) is 0 Å². The van der Waals surface area contributed by atoms with Crippen LogP contribution < -0.4 is 4.90 Å². The highest BCUT2D eigenvalue weighted by molar-refractivity contribution is 9.10. The van der Waals surface area contributed by atoms with E-state index in [2.05, 4.69) is 21.9 Å². The smallest absolute Gasteiger partial charge is 0.293 e. The second-order valence-electron chi connectivity index (χ2n) is 3.84. The van der Waals surface area contributed by atoms with Crippen LogP contribution >= 0.6 is 27.5 Å². The molecule has 1 unspecified atom stereocenters. The first-order valence-corrected chi connectivity index (χ1v) is 6.48. The highest BCUT2D eigenvalue weighted by Gasteiger charge is 2.22. The molecule has 1 aromatic carbocycles. The van der Waals surface area contributed by atoms with Crippen molar-refractivity contribution in [3.8, 4) is 12.3 Å². The van der Waals surface area contributed by atoms with Crippen LogP contribution in [0, 0.1) is 22.5 Å². The number of hydrogen-bond acceptors (Lipinski definition) is 3. The molecular formula is C12H12BrClN2O2. The van der Waals surface area contributed by atoms with E-state index >= 15 is 0 Å². The molecule has 96 valence electrons. The van der Waals surface area contributed by atoms with Crippen molar-refractivity contribution in [3.63, 3.8) is 0 Å². The highest BCUT2D eigenvalue weighted by Crippen LogP contribution is 2.34. The maximum absolute atomic E-state index is 11.1. The molecule has 0 amide bonds. The second-order valence-corrected chi connectivity index (χ2v) is 5.00. The Hall–Kier alpha value is -1.25. The van der Waals surface area contributed by atoms with E-state index in [1.165, 1.54) is 6.07 Å². The fourth-order valence-corrected chi connectivity index (χ4v) is 2.08. The van der Waals surface area contributed by atoms with E-state index in [1.807, 2.05) is 6.92 Å². The summed E-state index contributed by atoms with van der Waals surface area (Å²) in [5.74, 6) is 2.78. The molecule has 0 saturated carbocycles. The van der Waals surface area contributed by atoms with Gasteiger partial charge in [0.05, 0.1) is 4.92 Å². The van der Waals surface area contributed by atoms with E-state index in [0.29, 0.717) is 21.6 Å². The van der Waals surface area contributed by atoms with E-state index in [-0.39, 0.29) is 11.7 Å². The van der Waals surface area contributed by atoms with Crippen molar-refractivity contribution in [2.75, 3.05) is 17.8 Å². The fourth-order valence-electron chi connectivity index (χ4n) is 1.43. The molecule has 0 fully saturated rings. The largest absolute Gasteiger partial charge is 0.365 e. The minimum Gasteiger partial charge on any atom is -0.365 e. The Morgan fingerprint density at radius 3 is 2.72 bits per heavy atom. The maximum Gasteiger partial charge on any atom is 0.293 e. The Bertz CT molecular complexity index is 514. The molecule has 4 nitrogen and oxygen atoms in total. The maximum atomic E-state index is 11.1. The van der Waals surface area contributed by atoms with Gasteiger partial charge in [0.15, 0.2) is 0 Å². The van der Waals surface area contributed by atoms with Crippen molar-refractivity contribution < 1.29 is 4.92 Å². The number of rotatable bonds is 4. The van der Waals surface area contributed by atoms with Gasteiger partial charge in [0.1, 0.15) is 5.69 Å². The molecule has 1 aromatic rings. The van der Waals surface area contributed by atoms with E-state index in [1.54, 1.807) is 18.0 Å². The number of halogens is 2. The molecule has 0 saturated heterocycles. The molecule has 18 heavy (non-hydrogen) atoms. The number of alkyl halides is 1. The summed E-state index contributed by atoms with van der Waals surface area (Å²) in [5.41, 5.74) is 0.919. The first-order chi connectivity index (χ1) is 8.42. The number of nitrogens with zero attached hydrogens (tertiary/aromatic N) is 2. The molecule has 1 rings (SSSR count). The van der Waals surface area contributed by atoms with Crippen molar-refractivity contribution in [1.82, 2.24) is 0 Å². The molecule has 6 heteroatoms. The summed E-state index contributed by atoms with van der Waals surface area (Å²) in [5, 5.41) is 11.1. The predicted octanol–water partition coefficient (Wildman–Crippen LogP) is 3.40. The van der Waals surface area contributed by atoms with Crippen LogP contribution in [-0.2, 0) is 0 Å². The van der Waals surface area contributed by atoms with Gasteiger partial charge in [-0.05, 0) is 28.9 Å². The van der Waals surface area contributed by atoms with Gasteiger partial charge in [-0.2, -0.15) is 0 Å². The SMILES string of the molecule is C#Cc1cc([N+](=O)[O-])c(N(C)C(C)CCl)cc1Br. The van der Waals surface area contributed by atoms with Gasteiger partial charge >= 0.3 is 0 Å². The first-order valence-electron chi connectivity index (χ1n) is 5.15. The van der Waals surface area contributed by atoms with Gasteiger partial charge in [-0.3, -0.25) is 10.1 Å². The molecule has 0 spiro atoms. The summed E-state index contributed by atoms with van der Waals surface area (Å²) >= 11 is 9.08. The molecule has 1 atom stereocenters. The number of nitro benzene ring substituents is 1. The molecule has 0 aromatic heterocycles. The van der Waals surface area contributed by atoms with Crippen LogP contribution in [0.5, 0.6) is 0 Å². The summed E-state index contributed by atoms with van der Waals surface area (Å²) in [4.78, 5) is 12.4. The summed E-state index contributed by atoms with van der Waals surface area (Å²) in [7, 11) is 1.76. The molecule has 0 heterocycles. The van der Waals surface area contributed by atoms with Gasteiger partial charge in [-0.1, -0.05) is 5.92 Å². The fraction of sp³-hybridized carbons (Fsp3) is 0.333. The third-order valence-corrected chi connectivity index (χ3v) is 3.78. The van der Waals surface area contributed by atoms with E-state index < -0.39 is 4.92 Å². The Labute approximate surface area is 119 Å². The molecule has 0 aliphatic heterocycles. The lowest BCUT2D eigenvalue weighted by Gasteiger charge is -2.25. The van der Waals surface area contributed by atoms with Gasteiger partial charge < -0.3 is 4.90 Å². The van der Waals surface area contributed by atoms with Crippen LogP contribution in [0.1, 0.15) is 12.5 Å². The normalized spacial score (nSPS) is 11.7. The van der Waals surface area contributed by atoms with Crippen molar-refractivity contribution in [3.05, 3.63) is 32.3 Å². The quantitative estimate of drug-likeness (QED) is 0.368. The van der Waals surface area contributed by atoms with Gasteiger partial charge in [0.2, 0.25) is 0 Å². The van der Waals surface area contributed by atoms with Crippen LogP contribution in [0.25, 0.3) is 0 Å². The number of hydrogen-bond donors (Lipinski definition) is 0. The molecule has 0 N–H and O–H groups in total. The van der Waals surface area contributed by atoms with Crippen molar-refractivity contribution in [2.45, 2.75) is 13.0 Å².